The molecule has 0 unspecified atom stereocenters. The van der Waals surface area contributed by atoms with Gasteiger partial charge in [-0.05, 0) is 13.3 Å². The van der Waals surface area contributed by atoms with Crippen LogP contribution >= 0.6 is 0 Å². The second-order valence-electron chi connectivity index (χ2n) is 8.06. The summed E-state index contributed by atoms with van der Waals surface area (Å²) >= 11 is 0. The molecule has 0 aromatic heterocycles. The predicted molar refractivity (Wildman–Crippen MR) is 119 cm³/mol. The molecule has 0 aliphatic rings. The molecule has 0 saturated heterocycles. The fourth-order valence-corrected chi connectivity index (χ4v) is 3.60. The van der Waals surface area contributed by atoms with Gasteiger partial charge in [0.15, 0.2) is 0 Å². The summed E-state index contributed by atoms with van der Waals surface area (Å²) in [5.41, 5.74) is 0. The normalized spacial score (nSPS) is 11.5. The molecular weight excluding hydrogens is 316 g/mol. The van der Waals surface area contributed by atoms with Crippen molar-refractivity contribution in [1.82, 2.24) is 0 Å². The van der Waals surface area contributed by atoms with E-state index in [1.54, 1.807) is 6.26 Å². The highest BCUT2D eigenvalue weighted by Gasteiger charge is 1.95. The summed E-state index contributed by atoms with van der Waals surface area (Å²) in [7, 11) is 0. The lowest BCUT2D eigenvalue weighted by Crippen LogP contribution is -1.88. The minimum atomic E-state index is 0.892. The Hall–Kier alpha value is -0.460. The molecule has 0 bridgehead atoms. The van der Waals surface area contributed by atoms with Crippen molar-refractivity contribution in [1.29, 1.82) is 0 Å². The quantitative estimate of drug-likeness (QED) is 0.137. The van der Waals surface area contributed by atoms with Gasteiger partial charge in [0.2, 0.25) is 0 Å². The lowest BCUT2D eigenvalue weighted by atomic mass is 10.0. The van der Waals surface area contributed by atoms with Crippen LogP contribution < -0.4 is 0 Å². The Morgan fingerprint density at radius 1 is 0.462 bits per heavy atom. The van der Waals surface area contributed by atoms with Crippen LogP contribution in [0.2, 0.25) is 0 Å². The maximum absolute atomic E-state index is 5.34. The van der Waals surface area contributed by atoms with Crippen LogP contribution in [0.15, 0.2) is 12.3 Å². The summed E-state index contributed by atoms with van der Waals surface area (Å²) in [6, 6.07) is 0. The summed E-state index contributed by atoms with van der Waals surface area (Å²) in [6.45, 7) is 5.19. The Bertz CT molecular complexity index is 259. The zero-order chi connectivity index (χ0) is 19.0. The number of allylic oxidation sites excluding steroid dienone is 1. The van der Waals surface area contributed by atoms with E-state index in [4.69, 9.17) is 4.74 Å². The third kappa shape index (κ3) is 23.5. The maximum Gasteiger partial charge on any atom is 0.0873 e. The monoisotopic (exact) mass is 366 g/mol. The molecule has 156 valence electrons. The van der Waals surface area contributed by atoms with Crippen LogP contribution in [0.5, 0.6) is 0 Å². The largest absolute Gasteiger partial charge is 0.502 e. The van der Waals surface area contributed by atoms with Crippen molar-refractivity contribution in [3.8, 4) is 0 Å². The van der Waals surface area contributed by atoms with Gasteiger partial charge in [-0.3, -0.25) is 0 Å². The predicted octanol–water partition coefficient (Wildman–Crippen LogP) is 9.36. The van der Waals surface area contributed by atoms with Crippen LogP contribution in [0, 0.1) is 0 Å². The average Bonchev–Trinajstić information content (AvgIpc) is 2.66. The molecular formula is C25H50O. The molecule has 0 fully saturated rings. The molecule has 0 aromatic carbocycles. The molecule has 0 aliphatic carbocycles. The second-order valence-corrected chi connectivity index (χ2v) is 8.06. The SMILES string of the molecule is CC=COCCCCCCCCCCCCCCCCCCCCCC. The Morgan fingerprint density at radius 3 is 1.08 bits per heavy atom. The number of ether oxygens (including phenoxy) is 1. The van der Waals surface area contributed by atoms with Crippen LogP contribution in [0.3, 0.4) is 0 Å². The fraction of sp³-hybridized carbons (Fsp3) is 0.920. The molecule has 0 aromatic rings. The van der Waals surface area contributed by atoms with Crippen LogP contribution in [-0.2, 0) is 4.74 Å². The Kier molecular flexibility index (Phi) is 24.1. The zero-order valence-electron chi connectivity index (χ0n) is 18.4. The molecule has 0 aliphatic heterocycles. The molecule has 1 nitrogen and oxygen atoms in total. The first kappa shape index (κ1) is 25.5. The molecule has 0 N–H and O–H groups in total. The molecule has 0 radical (unpaired) electrons. The molecule has 26 heavy (non-hydrogen) atoms. The highest BCUT2D eigenvalue weighted by Crippen LogP contribution is 2.14. The summed E-state index contributed by atoms with van der Waals surface area (Å²) in [5.74, 6) is 0. The second kappa shape index (κ2) is 24.5. The van der Waals surface area contributed by atoms with Gasteiger partial charge in [0.1, 0.15) is 0 Å². The lowest BCUT2D eigenvalue weighted by molar-refractivity contribution is 0.240. The first-order chi connectivity index (χ1) is 12.9. The molecule has 1 heteroatoms. The van der Waals surface area contributed by atoms with E-state index in [0.717, 1.165) is 6.61 Å². The molecule has 0 spiro atoms. The average molecular weight is 367 g/mol. The van der Waals surface area contributed by atoms with Gasteiger partial charge < -0.3 is 4.74 Å². The summed E-state index contributed by atoms with van der Waals surface area (Å²) in [4.78, 5) is 0. The number of hydrogen-bond donors (Lipinski definition) is 0. The Labute approximate surface area is 166 Å². The van der Waals surface area contributed by atoms with Gasteiger partial charge in [0, 0.05) is 0 Å². The Morgan fingerprint density at radius 2 is 0.769 bits per heavy atom. The molecule has 0 atom stereocenters. The highest BCUT2D eigenvalue weighted by molar-refractivity contribution is 4.64. The summed E-state index contributed by atoms with van der Waals surface area (Å²) < 4.78 is 5.34. The molecule has 0 heterocycles. The van der Waals surface area contributed by atoms with Crippen molar-refractivity contribution in [2.75, 3.05) is 6.61 Å². The van der Waals surface area contributed by atoms with Gasteiger partial charge in [-0.25, -0.2) is 0 Å². The van der Waals surface area contributed by atoms with E-state index in [-0.39, 0.29) is 0 Å². The number of hydrogen-bond acceptors (Lipinski definition) is 1. The van der Waals surface area contributed by atoms with Crippen LogP contribution in [-0.4, -0.2) is 6.61 Å². The molecule has 0 saturated carbocycles. The maximum atomic E-state index is 5.34. The van der Waals surface area contributed by atoms with Gasteiger partial charge in [0.05, 0.1) is 12.9 Å². The van der Waals surface area contributed by atoms with Crippen molar-refractivity contribution in [3.05, 3.63) is 12.3 Å². The van der Waals surface area contributed by atoms with E-state index in [0.29, 0.717) is 0 Å². The first-order valence-corrected chi connectivity index (χ1v) is 12.1. The van der Waals surface area contributed by atoms with Crippen molar-refractivity contribution >= 4 is 0 Å². The van der Waals surface area contributed by atoms with E-state index >= 15 is 0 Å². The van der Waals surface area contributed by atoms with E-state index in [1.807, 2.05) is 13.0 Å². The first-order valence-electron chi connectivity index (χ1n) is 12.1. The topological polar surface area (TPSA) is 9.23 Å². The standard InChI is InChI=1S/C25H50O/c1-3-5-6-7-8-9-10-11-12-13-14-15-16-17-18-19-20-21-22-23-25-26-24-4-2/h4,24H,3,5-23,25H2,1-2H3. The van der Waals surface area contributed by atoms with Crippen molar-refractivity contribution < 1.29 is 4.74 Å². The Balaban J connectivity index is 2.97. The number of rotatable bonds is 22. The van der Waals surface area contributed by atoms with Gasteiger partial charge in [-0.1, -0.05) is 135 Å². The number of unbranched alkanes of at least 4 members (excludes halogenated alkanes) is 19. The van der Waals surface area contributed by atoms with Crippen LogP contribution in [0.4, 0.5) is 0 Å². The molecule has 0 amide bonds. The van der Waals surface area contributed by atoms with E-state index in [1.165, 1.54) is 128 Å². The summed E-state index contributed by atoms with van der Waals surface area (Å²) in [6.07, 6.45) is 32.5. The molecule has 0 rings (SSSR count). The van der Waals surface area contributed by atoms with E-state index < -0.39 is 0 Å². The van der Waals surface area contributed by atoms with Crippen LogP contribution in [0.25, 0.3) is 0 Å². The smallest absolute Gasteiger partial charge is 0.0873 e. The van der Waals surface area contributed by atoms with Crippen molar-refractivity contribution in [2.45, 2.75) is 142 Å². The fourth-order valence-electron chi connectivity index (χ4n) is 3.60. The summed E-state index contributed by atoms with van der Waals surface area (Å²) in [5, 5.41) is 0. The third-order valence-corrected chi connectivity index (χ3v) is 5.35. The van der Waals surface area contributed by atoms with Crippen molar-refractivity contribution in [2.24, 2.45) is 0 Å². The zero-order valence-corrected chi connectivity index (χ0v) is 18.4. The van der Waals surface area contributed by atoms with Gasteiger partial charge >= 0.3 is 0 Å². The van der Waals surface area contributed by atoms with Gasteiger partial charge in [-0.15, -0.1) is 0 Å². The van der Waals surface area contributed by atoms with Gasteiger partial charge in [-0.2, -0.15) is 0 Å². The lowest BCUT2D eigenvalue weighted by Gasteiger charge is -2.04. The van der Waals surface area contributed by atoms with Crippen LogP contribution in [0.1, 0.15) is 142 Å². The third-order valence-electron chi connectivity index (χ3n) is 5.35. The minimum absolute atomic E-state index is 0.892. The highest BCUT2D eigenvalue weighted by atomic mass is 16.5. The van der Waals surface area contributed by atoms with E-state index in [9.17, 15) is 0 Å². The van der Waals surface area contributed by atoms with Gasteiger partial charge in [0.25, 0.3) is 0 Å². The van der Waals surface area contributed by atoms with Crippen molar-refractivity contribution in [3.63, 3.8) is 0 Å². The minimum Gasteiger partial charge on any atom is -0.502 e. The van der Waals surface area contributed by atoms with E-state index in [2.05, 4.69) is 6.92 Å².